The number of nitrogens with one attached hydrogen (secondary N) is 7. The van der Waals surface area contributed by atoms with Gasteiger partial charge in [0.1, 0.15) is 5.75 Å². The van der Waals surface area contributed by atoms with Crippen molar-refractivity contribution in [3.8, 4) is 51.6 Å². The smallest absolute Gasteiger partial charge is 0.322 e. The molecule has 18 rings (SSSR count). The molecule has 12 aromatic rings. The van der Waals surface area contributed by atoms with Crippen LogP contribution in [0.1, 0.15) is 135 Å². The van der Waals surface area contributed by atoms with Crippen molar-refractivity contribution in [1.29, 1.82) is 0 Å². The lowest BCUT2D eigenvalue weighted by molar-refractivity contribution is 0.101. The third kappa shape index (κ3) is 26.0. The number of guanidine groups is 2. The summed E-state index contributed by atoms with van der Waals surface area (Å²) in [6, 6.07) is 49.6. The van der Waals surface area contributed by atoms with Gasteiger partial charge >= 0.3 is 24.1 Å². The van der Waals surface area contributed by atoms with Crippen molar-refractivity contribution in [1.82, 2.24) is 63.3 Å². The standard InChI is InChI=1S/C25H29N7O4S.C25H29N5O6S2.C23H27N7O4S.C22H24N4O5S/c1-16-13-17(2)15-32(14-16)37(34,35)21-9-5-18(6-10-21)22(33)29-25-31-30-23(36-25)19-3-7-20(8-4-19)28-24-26-11-12-27-24;1-16-13-17(2)15-30(14-16)38(34,35)22-9-5-18(6-10-22)23(31)26-25-28-27-24(36-25)19-3-7-20(8-4-19)29-37(32,33)21-11-12-21;1-14-11-15(2)13-30(12-14)35(32,33)19-9-5-16(6-10-19)20(31)27-23-29-28-21(34-23)17-3-7-18(8-4-17)26-22(24)25;1-14-11-15(2)13-26(12-14)32(29,30)19-9-5-16(6-10-19)20(28)23-22-25-24-21(31-22)17-3-7-18(27)8-4-17/h3-10,16-17H,11-15H2,1-2H3,(H2,26,27,28)(H,29,31,33);3-10,16-17,21,29H,11-15H2,1-2H3,(H,26,28,31);3-10,14-15H,11-13H2,1-2H3,(H4,24,25,26)(H,27,29,31);3-10,14-15,27H,11-13H2,1-2H3,(H,23,25,28)/t2*16-,17+;2*14-,15+. The van der Waals surface area contributed by atoms with Crippen molar-refractivity contribution in [2.45, 2.75) is 119 Å². The largest absolute Gasteiger partial charge is 0.508 e. The normalized spacial score (nSPS) is 19.8. The molecule has 4 aromatic heterocycles. The zero-order chi connectivity index (χ0) is 101. The number of piperidine rings is 4. The number of amides is 4. The van der Waals surface area contributed by atoms with Gasteiger partial charge in [-0.15, -0.1) is 20.4 Å². The molecule has 1 saturated carbocycles. The number of sulfonamides is 5. The minimum atomic E-state index is -3.65. The van der Waals surface area contributed by atoms with E-state index in [4.69, 9.17) is 29.1 Å². The maximum atomic E-state index is 13.1. The average molecular weight is 2040 g/mol. The molecular weight excluding hydrogens is 1930 g/mol. The number of aromatic hydroxyl groups is 1. The number of carbonyl (C=O) groups excluding carboxylic acids is 4. The van der Waals surface area contributed by atoms with E-state index in [1.54, 1.807) is 60.7 Å². The molecule has 0 spiro atoms. The number of rotatable bonds is 25. The van der Waals surface area contributed by atoms with E-state index in [9.17, 15) is 66.4 Å². The highest BCUT2D eigenvalue weighted by Crippen LogP contribution is 2.36. The molecule has 47 heteroatoms. The van der Waals surface area contributed by atoms with Crippen molar-refractivity contribution in [3.63, 3.8) is 0 Å². The van der Waals surface area contributed by atoms with Crippen LogP contribution in [0, 0.1) is 47.3 Å². The Morgan fingerprint density at radius 1 is 0.359 bits per heavy atom. The van der Waals surface area contributed by atoms with Gasteiger partial charge in [-0.2, -0.15) is 17.2 Å². The lowest BCUT2D eigenvalue weighted by atomic mass is 9.94. The molecule has 748 valence electrons. The van der Waals surface area contributed by atoms with Crippen LogP contribution >= 0.6 is 0 Å². The highest BCUT2D eigenvalue weighted by molar-refractivity contribution is 7.93. The zero-order valence-electron chi connectivity index (χ0n) is 78.7. The molecule has 0 radical (unpaired) electrons. The lowest BCUT2D eigenvalue weighted by Gasteiger charge is -2.34. The van der Waals surface area contributed by atoms with Crippen LogP contribution in [0.5, 0.6) is 5.75 Å². The predicted octanol–water partition coefficient (Wildman–Crippen LogP) is 12.5. The molecule has 0 unspecified atom stereocenters. The van der Waals surface area contributed by atoms with E-state index in [1.807, 2.05) is 38.1 Å². The SMILES string of the molecule is C[C@@H]1C[C@H](C)CN(S(=O)(=O)c2ccc(C(=O)Nc3nnc(-c4ccc(N=C(N)N)cc4)o3)cc2)C1.C[C@@H]1C[C@H](C)CN(S(=O)(=O)c2ccc(C(=O)Nc3nnc(-c4ccc(NC5=NCCN5)cc4)o3)cc2)C1.C[C@@H]1C[C@H](C)CN(S(=O)(=O)c2ccc(C(=O)Nc3nnc(-c4ccc(NS(=O)(=O)C5CC5)cc4)o3)cc2)C1.C[C@@H]1C[C@H](C)CN(S(=O)(=O)c2ccc(C(=O)Nc3nnc(-c4ccc(O)cc4)o3)cc2)C1. The summed E-state index contributed by atoms with van der Waals surface area (Å²) in [5.41, 5.74) is 16.0. The number of nitrogens with two attached hydrogens (primary N) is 2. The zero-order valence-corrected chi connectivity index (χ0v) is 82.8. The van der Waals surface area contributed by atoms with Crippen molar-refractivity contribution in [2.24, 2.45) is 68.8 Å². The van der Waals surface area contributed by atoms with Crippen LogP contribution in [0.25, 0.3) is 45.8 Å². The summed E-state index contributed by atoms with van der Waals surface area (Å²) < 4.78 is 159. The van der Waals surface area contributed by atoms with Gasteiger partial charge in [0.2, 0.25) is 73.7 Å². The van der Waals surface area contributed by atoms with E-state index in [0.717, 1.165) is 50.4 Å². The van der Waals surface area contributed by atoms with E-state index in [2.05, 4.69) is 129 Å². The number of aliphatic imine (C=N–C) groups is 2. The van der Waals surface area contributed by atoms with Gasteiger partial charge < -0.3 is 44.9 Å². The Labute approximate surface area is 821 Å². The first-order valence-corrected chi connectivity index (χ1v) is 53.2. The molecule has 8 aromatic carbocycles. The number of phenols is 1. The maximum absolute atomic E-state index is 13.1. The van der Waals surface area contributed by atoms with Gasteiger partial charge in [-0.05, 0) is 280 Å². The first-order chi connectivity index (χ1) is 67.6. The number of hydrogen-bond donors (Lipinski definition) is 10. The van der Waals surface area contributed by atoms with E-state index in [0.29, 0.717) is 134 Å². The molecular formula is C95H109N23O19S5. The lowest BCUT2D eigenvalue weighted by Crippen LogP contribution is -2.42. The van der Waals surface area contributed by atoms with E-state index < -0.39 is 73.7 Å². The third-order valence-electron chi connectivity index (χ3n) is 23.9. The summed E-state index contributed by atoms with van der Waals surface area (Å²) in [6.45, 7) is 21.9. The van der Waals surface area contributed by atoms with E-state index in [-0.39, 0.29) is 118 Å². The molecule has 4 saturated heterocycles. The second-order valence-corrected chi connectivity index (χ2v) is 46.3. The van der Waals surface area contributed by atoms with Crippen molar-refractivity contribution in [3.05, 3.63) is 216 Å². The van der Waals surface area contributed by atoms with Crippen molar-refractivity contribution < 1.29 is 84.0 Å². The quantitative estimate of drug-likeness (QED) is 0.0188. The van der Waals surface area contributed by atoms with Crippen LogP contribution in [-0.2, 0) is 50.1 Å². The number of hydrogen-bond acceptors (Lipinski definition) is 31. The Morgan fingerprint density at radius 3 is 0.873 bits per heavy atom. The molecule has 42 nitrogen and oxygen atoms in total. The van der Waals surface area contributed by atoms with Gasteiger partial charge in [-0.25, -0.2) is 47.1 Å². The Bertz CT molecular complexity index is 7140. The Morgan fingerprint density at radius 2 is 0.620 bits per heavy atom. The van der Waals surface area contributed by atoms with Crippen LogP contribution in [0.15, 0.2) is 241 Å². The first-order valence-electron chi connectivity index (χ1n) is 45.9. The molecule has 5 fully saturated rings. The fourth-order valence-corrected chi connectivity index (χ4v) is 25.3. The van der Waals surface area contributed by atoms with Gasteiger partial charge in [-0.1, -0.05) is 75.8 Å². The van der Waals surface area contributed by atoms with Crippen LogP contribution < -0.4 is 48.1 Å². The Kier molecular flexibility index (Phi) is 31.7. The number of nitrogens with zero attached hydrogens (tertiary/aromatic N) is 14. The molecule has 4 amide bonds. The number of anilines is 6. The molecule has 1 aliphatic carbocycles. The number of carbonyl (C=O) groups is 4. The topological polar surface area (TPSA) is 589 Å². The van der Waals surface area contributed by atoms with Crippen LogP contribution in [0.2, 0.25) is 0 Å². The summed E-state index contributed by atoms with van der Waals surface area (Å²) >= 11 is 0. The summed E-state index contributed by atoms with van der Waals surface area (Å²) in [6.07, 6.45) is 5.37. The third-order valence-corrected chi connectivity index (χ3v) is 33.1. The van der Waals surface area contributed by atoms with Crippen LogP contribution in [0.4, 0.5) is 41.1 Å². The summed E-state index contributed by atoms with van der Waals surface area (Å²) in [4.78, 5) is 59.4. The van der Waals surface area contributed by atoms with Crippen molar-refractivity contribution >= 4 is 127 Å². The van der Waals surface area contributed by atoms with Gasteiger partial charge in [0.25, 0.3) is 23.6 Å². The molecule has 0 bridgehead atoms. The summed E-state index contributed by atoms with van der Waals surface area (Å²) in [7, 11) is -17.9. The van der Waals surface area contributed by atoms with Gasteiger partial charge in [0.15, 0.2) is 11.9 Å². The van der Waals surface area contributed by atoms with Gasteiger partial charge in [0.05, 0.1) is 37.1 Å². The number of benzene rings is 8. The van der Waals surface area contributed by atoms with Crippen LogP contribution in [0.3, 0.4) is 0 Å². The molecule has 6 aliphatic rings. The second-order valence-electron chi connectivity index (χ2n) is 36.5. The number of aromatic nitrogens is 8. The van der Waals surface area contributed by atoms with Gasteiger partial charge in [-0.3, -0.25) is 50.2 Å². The number of phenolic OH excluding ortho intramolecular Hbond substituents is 1. The minimum absolute atomic E-state index is 0.0538. The summed E-state index contributed by atoms with van der Waals surface area (Å²) in [5.74, 6) is 1.94. The molecule has 142 heavy (non-hydrogen) atoms. The molecule has 9 heterocycles. The summed E-state index contributed by atoms with van der Waals surface area (Å²) in [5, 5.41) is 56.6. The van der Waals surface area contributed by atoms with E-state index >= 15 is 0 Å². The minimum Gasteiger partial charge on any atom is -0.508 e. The molecule has 12 N–H and O–H groups in total. The maximum Gasteiger partial charge on any atom is 0.322 e. The fourth-order valence-electron chi connectivity index (χ4n) is 17.2. The van der Waals surface area contributed by atoms with Gasteiger partial charge in [0, 0.05) is 115 Å². The Balaban J connectivity index is 0.000000143. The van der Waals surface area contributed by atoms with Crippen LogP contribution in [-0.4, -0.2) is 211 Å². The Hall–Kier alpha value is -14.1. The van der Waals surface area contributed by atoms with E-state index in [1.165, 1.54) is 126 Å². The van der Waals surface area contributed by atoms with Crippen molar-refractivity contribution in [2.75, 3.05) is 96.8 Å². The molecule has 5 aliphatic heterocycles. The highest BCUT2D eigenvalue weighted by Gasteiger charge is 2.39. The average Bonchev–Trinajstić information content (AvgIpc) is 1.12. The monoisotopic (exact) mass is 2040 g/mol. The fraction of sp³-hybridized carbons (Fsp3) is 0.347. The predicted molar refractivity (Wildman–Crippen MR) is 530 cm³/mol. The highest BCUT2D eigenvalue weighted by atomic mass is 32.2. The molecule has 8 atom stereocenters. The first kappa shape index (κ1) is 102. The second kappa shape index (κ2) is 44.0.